The lowest BCUT2D eigenvalue weighted by Gasteiger charge is -2.20. The van der Waals surface area contributed by atoms with Crippen LogP contribution in [0.25, 0.3) is 11.3 Å². The van der Waals surface area contributed by atoms with Crippen LogP contribution in [-0.2, 0) is 11.3 Å². The van der Waals surface area contributed by atoms with Crippen molar-refractivity contribution in [3.63, 3.8) is 0 Å². The van der Waals surface area contributed by atoms with Gasteiger partial charge < -0.3 is 20.1 Å². The van der Waals surface area contributed by atoms with Gasteiger partial charge in [-0.05, 0) is 69.1 Å². The molecule has 2 aliphatic rings. The number of hydrogen-bond acceptors (Lipinski definition) is 5. The number of rotatable bonds is 9. The molecule has 0 atom stereocenters. The lowest BCUT2D eigenvalue weighted by Crippen LogP contribution is -2.23. The molecule has 0 aromatic heterocycles. The van der Waals surface area contributed by atoms with Crippen LogP contribution in [0.5, 0.6) is 11.5 Å². The van der Waals surface area contributed by atoms with Crippen molar-refractivity contribution in [1.82, 2.24) is 4.90 Å². The number of benzene rings is 3. The highest BCUT2D eigenvalue weighted by molar-refractivity contribution is 6.37. The first-order chi connectivity index (χ1) is 18.7. The quantitative estimate of drug-likeness (QED) is 0.310. The predicted molar refractivity (Wildman–Crippen MR) is 154 cm³/mol. The number of amides is 1. The van der Waals surface area contributed by atoms with Gasteiger partial charge in [0.1, 0.15) is 0 Å². The second-order valence-electron chi connectivity index (χ2n) is 9.79. The molecule has 5 rings (SSSR count). The van der Waals surface area contributed by atoms with Gasteiger partial charge in [-0.15, -0.1) is 0 Å². The minimum Gasteiger partial charge on any atom is -0.490 e. The van der Waals surface area contributed by atoms with E-state index in [1.165, 1.54) is 44.3 Å². The maximum absolute atomic E-state index is 13.4. The average molecular weight is 512 g/mol. The van der Waals surface area contributed by atoms with Gasteiger partial charge in [0, 0.05) is 23.9 Å². The first kappa shape index (κ1) is 25.9. The van der Waals surface area contributed by atoms with E-state index in [1.54, 1.807) is 0 Å². The third-order valence-corrected chi connectivity index (χ3v) is 7.07. The van der Waals surface area contributed by atoms with Gasteiger partial charge in [0.2, 0.25) is 0 Å². The number of fused-ring (bicyclic) bond motifs is 1. The van der Waals surface area contributed by atoms with Gasteiger partial charge in [0.15, 0.2) is 11.5 Å². The van der Waals surface area contributed by atoms with Gasteiger partial charge in [-0.2, -0.15) is 0 Å². The summed E-state index contributed by atoms with van der Waals surface area (Å²) in [6.07, 6.45) is 5.25. The standard InChI is InChI=1S/C32H37N3O3/c1-3-37-28-20-26-27(21-29(28)38-4-2)34-32(36)30(26)31(24-12-8-7-9-13-24)33-25-16-14-23(15-17-25)22-35-18-10-5-6-11-19-35/h7-9,12-17,20-21,33H,3-6,10-11,18-19,22H2,1-2H3,(H,34,36)/b31-30-. The smallest absolute Gasteiger partial charge is 0.258 e. The largest absolute Gasteiger partial charge is 0.490 e. The number of ether oxygens (including phenoxy) is 2. The Morgan fingerprint density at radius 2 is 1.53 bits per heavy atom. The van der Waals surface area contributed by atoms with Gasteiger partial charge >= 0.3 is 0 Å². The van der Waals surface area contributed by atoms with Crippen LogP contribution in [0.2, 0.25) is 0 Å². The average Bonchev–Trinajstić information content (AvgIpc) is 3.07. The minimum atomic E-state index is -0.153. The Bertz CT molecular complexity index is 1280. The number of anilines is 2. The highest BCUT2D eigenvalue weighted by Gasteiger charge is 2.30. The summed E-state index contributed by atoms with van der Waals surface area (Å²) in [6.45, 7) is 8.22. The molecule has 0 bridgehead atoms. The zero-order valence-corrected chi connectivity index (χ0v) is 22.4. The molecule has 2 heterocycles. The third-order valence-electron chi connectivity index (χ3n) is 7.07. The third kappa shape index (κ3) is 5.86. The lowest BCUT2D eigenvalue weighted by atomic mass is 9.99. The van der Waals surface area contributed by atoms with Crippen molar-refractivity contribution in [1.29, 1.82) is 0 Å². The summed E-state index contributed by atoms with van der Waals surface area (Å²) in [6, 6.07) is 22.3. The molecule has 0 unspecified atom stereocenters. The van der Waals surface area contributed by atoms with Crippen molar-refractivity contribution >= 4 is 28.6 Å². The van der Waals surface area contributed by atoms with E-state index >= 15 is 0 Å². The molecular formula is C32H37N3O3. The second kappa shape index (κ2) is 12.2. The SMILES string of the molecule is CCOc1cc2c(cc1OCC)/C(=C(/Nc1ccc(CN3CCCCCC3)cc1)c1ccccc1)C(=O)N2. The van der Waals surface area contributed by atoms with Crippen LogP contribution in [0.1, 0.15) is 56.2 Å². The van der Waals surface area contributed by atoms with Gasteiger partial charge in [-0.25, -0.2) is 0 Å². The van der Waals surface area contributed by atoms with E-state index in [1.807, 2.05) is 56.3 Å². The summed E-state index contributed by atoms with van der Waals surface area (Å²) in [7, 11) is 0. The molecule has 3 aromatic rings. The summed E-state index contributed by atoms with van der Waals surface area (Å²) in [5, 5.41) is 6.61. The monoisotopic (exact) mass is 511 g/mol. The van der Waals surface area contributed by atoms with E-state index in [2.05, 4.69) is 39.8 Å². The van der Waals surface area contributed by atoms with Crippen molar-refractivity contribution in [3.8, 4) is 11.5 Å². The van der Waals surface area contributed by atoms with Crippen LogP contribution in [0.15, 0.2) is 66.7 Å². The topological polar surface area (TPSA) is 62.8 Å². The Balaban J connectivity index is 1.49. The molecule has 198 valence electrons. The molecule has 0 aliphatic carbocycles. The molecule has 0 radical (unpaired) electrons. The molecule has 0 spiro atoms. The van der Waals surface area contributed by atoms with Gasteiger partial charge in [0.05, 0.1) is 30.2 Å². The zero-order valence-electron chi connectivity index (χ0n) is 22.4. The molecule has 3 aromatic carbocycles. The van der Waals surface area contributed by atoms with Crippen molar-refractivity contribution < 1.29 is 14.3 Å². The number of hydrogen-bond donors (Lipinski definition) is 2. The lowest BCUT2D eigenvalue weighted by molar-refractivity contribution is -0.110. The van der Waals surface area contributed by atoms with E-state index < -0.39 is 0 Å². The maximum Gasteiger partial charge on any atom is 0.258 e. The summed E-state index contributed by atoms with van der Waals surface area (Å²) < 4.78 is 11.7. The molecule has 1 saturated heterocycles. The Morgan fingerprint density at radius 1 is 0.868 bits per heavy atom. The summed E-state index contributed by atoms with van der Waals surface area (Å²) in [5.74, 6) is 1.11. The molecule has 1 amide bonds. The Morgan fingerprint density at radius 3 is 2.18 bits per heavy atom. The highest BCUT2D eigenvalue weighted by atomic mass is 16.5. The van der Waals surface area contributed by atoms with Gasteiger partial charge in [0.25, 0.3) is 5.91 Å². The van der Waals surface area contributed by atoms with Crippen LogP contribution >= 0.6 is 0 Å². The molecular weight excluding hydrogens is 474 g/mol. The fourth-order valence-corrected chi connectivity index (χ4v) is 5.24. The second-order valence-corrected chi connectivity index (χ2v) is 9.79. The number of likely N-dealkylation sites (tertiary alicyclic amines) is 1. The van der Waals surface area contributed by atoms with Gasteiger partial charge in [-0.1, -0.05) is 55.3 Å². The summed E-state index contributed by atoms with van der Waals surface area (Å²) >= 11 is 0. The Hall–Kier alpha value is -3.77. The molecule has 38 heavy (non-hydrogen) atoms. The van der Waals surface area contributed by atoms with E-state index in [9.17, 15) is 4.79 Å². The molecule has 6 nitrogen and oxygen atoms in total. The number of nitrogens with zero attached hydrogens (tertiary/aromatic N) is 1. The fourth-order valence-electron chi connectivity index (χ4n) is 5.24. The normalized spacial score (nSPS) is 16.8. The van der Waals surface area contributed by atoms with Crippen LogP contribution in [0.3, 0.4) is 0 Å². The molecule has 2 N–H and O–H groups in total. The summed E-state index contributed by atoms with van der Waals surface area (Å²) in [4.78, 5) is 15.9. The van der Waals surface area contributed by atoms with Crippen LogP contribution in [0.4, 0.5) is 11.4 Å². The fraction of sp³-hybridized carbons (Fsp3) is 0.344. The van der Waals surface area contributed by atoms with Crippen molar-refractivity contribution in [2.75, 3.05) is 36.9 Å². The van der Waals surface area contributed by atoms with Crippen LogP contribution in [0, 0.1) is 0 Å². The van der Waals surface area contributed by atoms with Crippen molar-refractivity contribution in [2.24, 2.45) is 0 Å². The Kier molecular flexibility index (Phi) is 8.29. The Labute approximate surface area is 225 Å². The number of carbonyl (C=O) groups is 1. The van der Waals surface area contributed by atoms with E-state index in [0.717, 1.165) is 34.7 Å². The zero-order chi connectivity index (χ0) is 26.3. The highest BCUT2D eigenvalue weighted by Crippen LogP contribution is 2.43. The molecule has 0 saturated carbocycles. The summed E-state index contributed by atoms with van der Waals surface area (Å²) in [5.41, 5.74) is 6.04. The van der Waals surface area contributed by atoms with E-state index in [4.69, 9.17) is 9.47 Å². The molecule has 6 heteroatoms. The van der Waals surface area contributed by atoms with Gasteiger partial charge in [-0.3, -0.25) is 9.69 Å². The van der Waals surface area contributed by atoms with E-state index in [-0.39, 0.29) is 5.91 Å². The van der Waals surface area contributed by atoms with Crippen molar-refractivity contribution in [2.45, 2.75) is 46.1 Å². The number of nitrogens with one attached hydrogen (secondary N) is 2. The van der Waals surface area contributed by atoms with E-state index in [0.29, 0.717) is 30.3 Å². The number of carbonyl (C=O) groups excluding carboxylic acids is 1. The van der Waals surface area contributed by atoms with Crippen molar-refractivity contribution in [3.05, 3.63) is 83.4 Å². The first-order valence-corrected chi connectivity index (χ1v) is 13.8. The van der Waals surface area contributed by atoms with Crippen LogP contribution < -0.4 is 20.1 Å². The predicted octanol–water partition coefficient (Wildman–Crippen LogP) is 6.79. The van der Waals surface area contributed by atoms with Crippen LogP contribution in [-0.4, -0.2) is 37.1 Å². The minimum absolute atomic E-state index is 0.153. The molecule has 2 aliphatic heterocycles. The molecule has 1 fully saturated rings. The first-order valence-electron chi connectivity index (χ1n) is 13.8. The maximum atomic E-state index is 13.4.